The minimum absolute atomic E-state index is 0.581. The van der Waals surface area contributed by atoms with Crippen LogP contribution >= 0.6 is 0 Å². The molecular weight excluding hydrogens is 298 g/mol. The second kappa shape index (κ2) is 6.34. The summed E-state index contributed by atoms with van der Waals surface area (Å²) in [5.41, 5.74) is 4.13. The van der Waals surface area contributed by atoms with Crippen molar-refractivity contribution in [1.82, 2.24) is 20.6 Å². The lowest BCUT2D eigenvalue weighted by Crippen LogP contribution is -2.09. The van der Waals surface area contributed by atoms with E-state index in [1.165, 1.54) is 0 Å². The number of hydrogen-bond donors (Lipinski definition) is 1. The minimum Gasteiger partial charge on any atom is -0.310 e. The SMILES string of the molecule is c1ccc(N(c2ccccc2)c2cccc(-c3nn[nH]n3)c2)cc1. The molecular formula is C19H15N5. The third kappa shape index (κ3) is 2.75. The first-order valence-electron chi connectivity index (χ1n) is 7.66. The number of para-hydroxylation sites is 2. The lowest BCUT2D eigenvalue weighted by atomic mass is 10.1. The molecule has 0 radical (unpaired) electrons. The van der Waals surface area contributed by atoms with Crippen molar-refractivity contribution < 1.29 is 0 Å². The fourth-order valence-electron chi connectivity index (χ4n) is 2.67. The van der Waals surface area contributed by atoms with Gasteiger partial charge in [0.25, 0.3) is 0 Å². The van der Waals surface area contributed by atoms with Gasteiger partial charge in [0.1, 0.15) is 0 Å². The standard InChI is InChI=1S/C19H15N5/c1-3-9-16(10-4-1)24(17-11-5-2-6-12-17)18-13-7-8-15(14-18)19-20-22-23-21-19/h1-14H,(H,20,21,22,23). The number of nitrogens with one attached hydrogen (secondary N) is 1. The summed E-state index contributed by atoms with van der Waals surface area (Å²) in [5, 5.41) is 14.3. The van der Waals surface area contributed by atoms with Crippen LogP contribution in [0, 0.1) is 0 Å². The fraction of sp³-hybridized carbons (Fsp3) is 0. The van der Waals surface area contributed by atoms with E-state index in [1.54, 1.807) is 0 Å². The molecule has 0 aliphatic rings. The lowest BCUT2D eigenvalue weighted by Gasteiger charge is -2.25. The van der Waals surface area contributed by atoms with Gasteiger partial charge in [0.05, 0.1) is 0 Å². The molecule has 0 spiro atoms. The van der Waals surface area contributed by atoms with Gasteiger partial charge in [-0.25, -0.2) is 0 Å². The second-order valence-corrected chi connectivity index (χ2v) is 5.29. The van der Waals surface area contributed by atoms with Crippen molar-refractivity contribution in [3.8, 4) is 11.4 Å². The topological polar surface area (TPSA) is 57.7 Å². The fourth-order valence-corrected chi connectivity index (χ4v) is 2.67. The average molecular weight is 313 g/mol. The Balaban J connectivity index is 1.84. The number of rotatable bonds is 4. The number of tetrazole rings is 1. The Kier molecular flexibility index (Phi) is 3.73. The van der Waals surface area contributed by atoms with E-state index < -0.39 is 0 Å². The van der Waals surface area contributed by atoms with Gasteiger partial charge in [0.15, 0.2) is 0 Å². The van der Waals surface area contributed by atoms with E-state index in [-0.39, 0.29) is 0 Å². The number of nitrogens with zero attached hydrogens (tertiary/aromatic N) is 4. The van der Waals surface area contributed by atoms with Crippen molar-refractivity contribution in [1.29, 1.82) is 0 Å². The second-order valence-electron chi connectivity index (χ2n) is 5.29. The number of anilines is 3. The monoisotopic (exact) mass is 313 g/mol. The molecule has 1 N–H and O–H groups in total. The maximum absolute atomic E-state index is 4.07. The third-order valence-electron chi connectivity index (χ3n) is 3.74. The van der Waals surface area contributed by atoms with Crippen molar-refractivity contribution in [3.63, 3.8) is 0 Å². The predicted octanol–water partition coefficient (Wildman–Crippen LogP) is 4.34. The van der Waals surface area contributed by atoms with Gasteiger partial charge in [-0.05, 0) is 41.6 Å². The molecule has 0 aliphatic carbocycles. The van der Waals surface area contributed by atoms with Crippen LogP contribution in [0.4, 0.5) is 17.1 Å². The molecule has 1 heterocycles. The van der Waals surface area contributed by atoms with Gasteiger partial charge in [0.2, 0.25) is 5.82 Å². The summed E-state index contributed by atoms with van der Waals surface area (Å²) in [6.07, 6.45) is 0. The maximum Gasteiger partial charge on any atom is 0.204 e. The van der Waals surface area contributed by atoms with Crippen molar-refractivity contribution in [2.45, 2.75) is 0 Å². The Morgan fingerprint density at radius 2 is 1.29 bits per heavy atom. The predicted molar refractivity (Wildman–Crippen MR) is 94.3 cm³/mol. The average Bonchev–Trinajstić information content (AvgIpc) is 3.19. The zero-order valence-corrected chi connectivity index (χ0v) is 12.9. The van der Waals surface area contributed by atoms with Crippen molar-refractivity contribution in [2.75, 3.05) is 4.90 Å². The number of hydrogen-bond acceptors (Lipinski definition) is 4. The third-order valence-corrected chi connectivity index (χ3v) is 3.74. The van der Waals surface area contributed by atoms with Crippen LogP contribution in [0.15, 0.2) is 84.9 Å². The quantitative estimate of drug-likeness (QED) is 0.609. The zero-order valence-electron chi connectivity index (χ0n) is 12.9. The molecule has 0 aliphatic heterocycles. The van der Waals surface area contributed by atoms with E-state index >= 15 is 0 Å². The molecule has 4 rings (SSSR count). The Labute approximate surface area is 139 Å². The van der Waals surface area contributed by atoms with Crippen LogP contribution < -0.4 is 4.90 Å². The molecule has 5 nitrogen and oxygen atoms in total. The van der Waals surface area contributed by atoms with Gasteiger partial charge in [-0.2, -0.15) is 5.21 Å². The molecule has 0 saturated heterocycles. The number of benzene rings is 3. The van der Waals surface area contributed by atoms with Crippen LogP contribution in [0.3, 0.4) is 0 Å². The van der Waals surface area contributed by atoms with Crippen molar-refractivity contribution in [2.24, 2.45) is 0 Å². The summed E-state index contributed by atoms with van der Waals surface area (Å²) >= 11 is 0. The van der Waals surface area contributed by atoms with Crippen LogP contribution in [0.25, 0.3) is 11.4 Å². The van der Waals surface area contributed by atoms with Crippen LogP contribution in [0.2, 0.25) is 0 Å². The molecule has 0 bridgehead atoms. The lowest BCUT2D eigenvalue weighted by molar-refractivity contribution is 0.881. The first kappa shape index (κ1) is 14.1. The van der Waals surface area contributed by atoms with Gasteiger partial charge in [-0.1, -0.05) is 48.5 Å². The summed E-state index contributed by atoms with van der Waals surface area (Å²) in [6, 6.07) is 28.6. The van der Waals surface area contributed by atoms with Gasteiger partial charge in [-0.15, -0.1) is 10.2 Å². The Hall–Kier alpha value is -3.47. The minimum atomic E-state index is 0.581. The van der Waals surface area contributed by atoms with Crippen LogP contribution in [0.1, 0.15) is 0 Å². The highest BCUT2D eigenvalue weighted by Gasteiger charge is 2.13. The molecule has 0 atom stereocenters. The highest BCUT2D eigenvalue weighted by atomic mass is 15.5. The Morgan fingerprint density at radius 3 is 1.88 bits per heavy atom. The first-order valence-corrected chi connectivity index (χ1v) is 7.66. The molecule has 0 saturated carbocycles. The van der Waals surface area contributed by atoms with E-state index in [9.17, 15) is 0 Å². The van der Waals surface area contributed by atoms with Crippen LogP contribution in [0.5, 0.6) is 0 Å². The molecule has 24 heavy (non-hydrogen) atoms. The highest BCUT2D eigenvalue weighted by molar-refractivity contribution is 5.78. The smallest absolute Gasteiger partial charge is 0.204 e. The van der Waals surface area contributed by atoms with E-state index in [0.29, 0.717) is 5.82 Å². The van der Waals surface area contributed by atoms with Gasteiger partial charge in [-0.3, -0.25) is 0 Å². The van der Waals surface area contributed by atoms with Crippen LogP contribution in [-0.4, -0.2) is 20.6 Å². The molecule has 3 aromatic carbocycles. The van der Waals surface area contributed by atoms with Gasteiger partial charge < -0.3 is 4.90 Å². The molecule has 4 aromatic rings. The molecule has 5 heteroatoms. The summed E-state index contributed by atoms with van der Waals surface area (Å²) in [4.78, 5) is 2.20. The number of H-pyrrole nitrogens is 1. The normalized spacial score (nSPS) is 10.5. The first-order chi connectivity index (χ1) is 11.9. The van der Waals surface area contributed by atoms with Crippen molar-refractivity contribution >= 4 is 17.1 Å². The Bertz CT molecular complexity index is 865. The number of aromatic nitrogens is 4. The summed E-state index contributed by atoms with van der Waals surface area (Å²) < 4.78 is 0. The van der Waals surface area contributed by atoms with E-state index in [2.05, 4.69) is 61.9 Å². The molecule has 116 valence electrons. The van der Waals surface area contributed by atoms with E-state index in [0.717, 1.165) is 22.6 Å². The zero-order chi connectivity index (χ0) is 16.2. The molecule has 0 unspecified atom stereocenters. The summed E-state index contributed by atoms with van der Waals surface area (Å²) in [5.74, 6) is 0.581. The van der Waals surface area contributed by atoms with E-state index in [4.69, 9.17) is 0 Å². The summed E-state index contributed by atoms with van der Waals surface area (Å²) in [6.45, 7) is 0. The number of aromatic amines is 1. The van der Waals surface area contributed by atoms with E-state index in [1.807, 2.05) is 48.5 Å². The van der Waals surface area contributed by atoms with Gasteiger partial charge >= 0.3 is 0 Å². The van der Waals surface area contributed by atoms with Crippen LogP contribution in [-0.2, 0) is 0 Å². The highest BCUT2D eigenvalue weighted by Crippen LogP contribution is 2.35. The largest absolute Gasteiger partial charge is 0.310 e. The van der Waals surface area contributed by atoms with Gasteiger partial charge in [0, 0.05) is 22.6 Å². The molecule has 0 amide bonds. The Morgan fingerprint density at radius 1 is 0.667 bits per heavy atom. The van der Waals surface area contributed by atoms with Crippen molar-refractivity contribution in [3.05, 3.63) is 84.9 Å². The molecule has 1 aromatic heterocycles. The maximum atomic E-state index is 4.07. The summed E-state index contributed by atoms with van der Waals surface area (Å²) in [7, 11) is 0. The molecule has 0 fully saturated rings.